The van der Waals surface area contributed by atoms with E-state index in [1.54, 1.807) is 12.1 Å². The molecule has 2 heterocycles. The summed E-state index contributed by atoms with van der Waals surface area (Å²) in [6.45, 7) is 3.97. The van der Waals surface area contributed by atoms with Gasteiger partial charge in [0, 0.05) is 11.8 Å². The third-order valence-corrected chi connectivity index (χ3v) is 4.31. The molecular formula is C17H16N2O3S. The highest BCUT2D eigenvalue weighted by Crippen LogP contribution is 2.32. The first-order valence-corrected chi connectivity index (χ1v) is 7.97. The number of benzene rings is 1. The lowest BCUT2D eigenvalue weighted by atomic mass is 10.2. The second-order valence-corrected chi connectivity index (χ2v) is 6.25. The first kappa shape index (κ1) is 15.4. The molecule has 1 saturated heterocycles. The van der Waals surface area contributed by atoms with E-state index in [0.717, 1.165) is 28.8 Å². The number of carbonyl (C=O) groups excluding carboxylic acids is 2. The van der Waals surface area contributed by atoms with E-state index in [0.29, 0.717) is 10.7 Å². The van der Waals surface area contributed by atoms with Gasteiger partial charge in [0.15, 0.2) is 0 Å². The summed E-state index contributed by atoms with van der Waals surface area (Å²) in [5.41, 5.74) is 2.01. The quantitative estimate of drug-likeness (QED) is 0.860. The van der Waals surface area contributed by atoms with Crippen molar-refractivity contribution < 1.29 is 14.0 Å². The Balaban J connectivity index is 1.69. The van der Waals surface area contributed by atoms with Crippen LogP contribution < -0.4 is 5.32 Å². The van der Waals surface area contributed by atoms with Crippen molar-refractivity contribution in [3.63, 3.8) is 0 Å². The number of hydrogen-bond acceptors (Lipinski definition) is 5. The Kier molecular flexibility index (Phi) is 4.25. The second-order valence-electron chi connectivity index (χ2n) is 5.26. The van der Waals surface area contributed by atoms with Crippen LogP contribution in [0.5, 0.6) is 0 Å². The summed E-state index contributed by atoms with van der Waals surface area (Å²) in [4.78, 5) is 25.9. The maximum Gasteiger partial charge on any atom is 0.295 e. The fourth-order valence-electron chi connectivity index (χ4n) is 2.14. The Labute approximate surface area is 138 Å². The van der Waals surface area contributed by atoms with E-state index in [1.165, 1.54) is 4.90 Å². The summed E-state index contributed by atoms with van der Waals surface area (Å²) in [7, 11) is 0. The summed E-state index contributed by atoms with van der Waals surface area (Å²) >= 11 is 0.922. The molecule has 1 N–H and O–H groups in total. The third kappa shape index (κ3) is 3.48. The van der Waals surface area contributed by atoms with Gasteiger partial charge in [0.25, 0.3) is 11.1 Å². The molecule has 0 bridgehead atoms. The Morgan fingerprint density at radius 3 is 2.52 bits per heavy atom. The van der Waals surface area contributed by atoms with Crippen molar-refractivity contribution in [2.75, 3.05) is 12.0 Å². The first-order valence-electron chi connectivity index (χ1n) is 7.15. The van der Waals surface area contributed by atoms with Crippen LogP contribution in [0.15, 0.2) is 45.7 Å². The van der Waals surface area contributed by atoms with Crippen LogP contribution in [0.2, 0.25) is 0 Å². The standard InChI is InChI=1S/C17H16N2O3S/c1-11-3-6-13(7-4-11)18-10-19-16(20)15(23-17(19)21)9-14-8-5-12(2)22-14/h3-9,18H,10H2,1-2H3. The van der Waals surface area contributed by atoms with Gasteiger partial charge >= 0.3 is 0 Å². The Morgan fingerprint density at radius 1 is 1.13 bits per heavy atom. The lowest BCUT2D eigenvalue weighted by Crippen LogP contribution is -2.33. The molecule has 118 valence electrons. The molecule has 0 spiro atoms. The molecule has 5 nitrogen and oxygen atoms in total. The summed E-state index contributed by atoms with van der Waals surface area (Å²) in [6.07, 6.45) is 1.60. The molecule has 2 amide bonds. The van der Waals surface area contributed by atoms with E-state index in [1.807, 2.05) is 44.2 Å². The molecule has 0 unspecified atom stereocenters. The van der Waals surface area contributed by atoms with Gasteiger partial charge in [-0.1, -0.05) is 17.7 Å². The van der Waals surface area contributed by atoms with Gasteiger partial charge < -0.3 is 9.73 Å². The lowest BCUT2D eigenvalue weighted by Gasteiger charge is -2.14. The Morgan fingerprint density at radius 2 is 1.87 bits per heavy atom. The van der Waals surface area contributed by atoms with Crippen molar-refractivity contribution in [1.29, 1.82) is 0 Å². The van der Waals surface area contributed by atoms with Gasteiger partial charge in [-0.25, -0.2) is 0 Å². The Hall–Kier alpha value is -2.47. The van der Waals surface area contributed by atoms with Crippen molar-refractivity contribution in [2.45, 2.75) is 13.8 Å². The fourth-order valence-corrected chi connectivity index (χ4v) is 2.96. The first-order chi connectivity index (χ1) is 11.0. The van der Waals surface area contributed by atoms with E-state index in [-0.39, 0.29) is 17.8 Å². The minimum absolute atomic E-state index is 0.141. The number of hydrogen-bond donors (Lipinski definition) is 1. The molecule has 1 fully saturated rings. The normalized spacial score (nSPS) is 16.4. The minimum atomic E-state index is -0.311. The molecule has 1 aromatic carbocycles. The zero-order valence-corrected chi connectivity index (χ0v) is 13.6. The van der Waals surface area contributed by atoms with E-state index in [2.05, 4.69) is 5.32 Å². The van der Waals surface area contributed by atoms with Crippen LogP contribution in [-0.4, -0.2) is 22.7 Å². The van der Waals surface area contributed by atoms with Gasteiger partial charge in [-0.05, 0) is 49.9 Å². The van der Waals surface area contributed by atoms with Crippen LogP contribution in [0.3, 0.4) is 0 Å². The van der Waals surface area contributed by atoms with Crippen molar-refractivity contribution in [3.8, 4) is 0 Å². The van der Waals surface area contributed by atoms with Crippen LogP contribution in [0.1, 0.15) is 17.1 Å². The summed E-state index contributed by atoms with van der Waals surface area (Å²) in [5, 5.41) is 2.80. The maximum atomic E-state index is 12.3. The fraction of sp³-hybridized carbons (Fsp3) is 0.176. The van der Waals surface area contributed by atoms with E-state index < -0.39 is 0 Å². The number of anilines is 1. The highest BCUT2D eigenvalue weighted by Gasteiger charge is 2.35. The summed E-state index contributed by atoms with van der Waals surface area (Å²) in [6, 6.07) is 11.3. The van der Waals surface area contributed by atoms with Gasteiger partial charge in [-0.3, -0.25) is 14.5 Å². The largest absolute Gasteiger partial charge is 0.462 e. The number of aryl methyl sites for hydroxylation is 2. The predicted molar refractivity (Wildman–Crippen MR) is 90.9 cm³/mol. The lowest BCUT2D eigenvalue weighted by molar-refractivity contribution is -0.122. The monoisotopic (exact) mass is 328 g/mol. The number of nitrogens with one attached hydrogen (secondary N) is 1. The number of amides is 2. The minimum Gasteiger partial charge on any atom is -0.462 e. The number of thioether (sulfide) groups is 1. The molecule has 23 heavy (non-hydrogen) atoms. The summed E-state index contributed by atoms with van der Waals surface area (Å²) < 4.78 is 5.42. The number of furan rings is 1. The average molecular weight is 328 g/mol. The molecule has 0 atom stereocenters. The maximum absolute atomic E-state index is 12.3. The Bertz CT molecular complexity index is 777. The topological polar surface area (TPSA) is 62.6 Å². The third-order valence-electron chi connectivity index (χ3n) is 3.40. The van der Waals surface area contributed by atoms with Crippen LogP contribution in [-0.2, 0) is 4.79 Å². The highest BCUT2D eigenvalue weighted by molar-refractivity contribution is 8.18. The van der Waals surface area contributed by atoms with Crippen LogP contribution in [0.4, 0.5) is 10.5 Å². The average Bonchev–Trinajstić information content (AvgIpc) is 3.04. The van der Waals surface area contributed by atoms with Crippen molar-refractivity contribution >= 4 is 34.7 Å². The van der Waals surface area contributed by atoms with Crippen LogP contribution in [0.25, 0.3) is 6.08 Å². The molecule has 1 aliphatic heterocycles. The number of nitrogens with zero attached hydrogens (tertiary/aromatic N) is 1. The van der Waals surface area contributed by atoms with Gasteiger partial charge in [0.05, 0.1) is 11.6 Å². The molecule has 0 saturated carbocycles. The molecule has 2 aromatic rings. The van der Waals surface area contributed by atoms with E-state index in [4.69, 9.17) is 4.42 Å². The van der Waals surface area contributed by atoms with Crippen molar-refractivity contribution in [2.24, 2.45) is 0 Å². The molecular weight excluding hydrogens is 312 g/mol. The zero-order chi connectivity index (χ0) is 16.4. The van der Waals surface area contributed by atoms with Gasteiger partial charge in [0.2, 0.25) is 0 Å². The van der Waals surface area contributed by atoms with Crippen molar-refractivity contribution in [1.82, 2.24) is 4.90 Å². The van der Waals surface area contributed by atoms with Gasteiger partial charge in [-0.15, -0.1) is 0 Å². The van der Waals surface area contributed by atoms with Crippen molar-refractivity contribution in [3.05, 3.63) is 58.4 Å². The number of rotatable bonds is 4. The van der Waals surface area contributed by atoms with Crippen LogP contribution in [0, 0.1) is 13.8 Å². The zero-order valence-electron chi connectivity index (χ0n) is 12.8. The molecule has 3 rings (SSSR count). The van der Waals surface area contributed by atoms with E-state index in [9.17, 15) is 9.59 Å². The highest BCUT2D eigenvalue weighted by atomic mass is 32.2. The van der Waals surface area contributed by atoms with Crippen LogP contribution >= 0.6 is 11.8 Å². The molecule has 0 radical (unpaired) electrons. The molecule has 6 heteroatoms. The smallest absolute Gasteiger partial charge is 0.295 e. The molecule has 0 aliphatic carbocycles. The van der Waals surface area contributed by atoms with Gasteiger partial charge in [0.1, 0.15) is 11.5 Å². The summed E-state index contributed by atoms with van der Waals surface area (Å²) in [5.74, 6) is 1.02. The molecule has 1 aliphatic rings. The number of imide groups is 1. The van der Waals surface area contributed by atoms with Gasteiger partial charge in [-0.2, -0.15) is 0 Å². The second kappa shape index (κ2) is 6.34. The number of carbonyl (C=O) groups is 2. The predicted octanol–water partition coefficient (Wildman–Crippen LogP) is 4.00. The van der Waals surface area contributed by atoms with E-state index >= 15 is 0 Å². The SMILES string of the molecule is Cc1ccc(NCN2C(=O)SC(=Cc3ccc(C)o3)C2=O)cc1. The molecule has 1 aromatic heterocycles.